The number of carbonyl (C=O) groups excluding carboxylic acids is 1. The maximum absolute atomic E-state index is 13.3. The smallest absolute Gasteiger partial charge is 0.303 e. The van der Waals surface area contributed by atoms with E-state index in [0.29, 0.717) is 42.9 Å². The summed E-state index contributed by atoms with van der Waals surface area (Å²) in [4.78, 5) is 24.5. The van der Waals surface area contributed by atoms with Crippen molar-refractivity contribution in [1.29, 1.82) is 0 Å². The van der Waals surface area contributed by atoms with E-state index in [0.717, 1.165) is 17.7 Å². The van der Waals surface area contributed by atoms with Gasteiger partial charge in [0.1, 0.15) is 0 Å². The number of anilines is 2. The van der Waals surface area contributed by atoms with Gasteiger partial charge in [-0.1, -0.05) is 39.0 Å². The number of amides is 1. The number of sulfonamides is 1. The maximum Gasteiger partial charge on any atom is 0.303 e. The molecule has 2 aromatic rings. The Hall–Kier alpha value is -3.50. The van der Waals surface area contributed by atoms with Gasteiger partial charge in [0.2, 0.25) is 10.0 Å². The number of aryl methyl sites for hydroxylation is 1. The molecule has 3 rings (SSSR count). The molecule has 9 nitrogen and oxygen atoms in total. The van der Waals surface area contributed by atoms with Crippen LogP contribution in [0.5, 0.6) is 0 Å². The first-order valence-corrected chi connectivity index (χ1v) is 13.5. The first-order valence-electron chi connectivity index (χ1n) is 12.0. The highest BCUT2D eigenvalue weighted by atomic mass is 32.2. The van der Waals surface area contributed by atoms with E-state index in [4.69, 9.17) is 5.11 Å². The first kappa shape index (κ1) is 27.1. The Kier molecular flexibility index (Phi) is 9.00. The molecule has 1 amide bonds. The molecule has 0 saturated heterocycles. The molecular formula is C26H32N4O5S. The topological polar surface area (TPSA) is 119 Å². The van der Waals surface area contributed by atoms with E-state index in [1.54, 1.807) is 32.2 Å². The minimum atomic E-state index is -3.63. The van der Waals surface area contributed by atoms with E-state index in [1.807, 2.05) is 31.2 Å². The zero-order valence-corrected chi connectivity index (χ0v) is 21.6. The van der Waals surface area contributed by atoms with Crippen LogP contribution >= 0.6 is 0 Å². The fourth-order valence-corrected chi connectivity index (χ4v) is 5.42. The fraction of sp³-hybridized carbons (Fsp3) is 0.346. The highest BCUT2D eigenvalue weighted by Crippen LogP contribution is 2.28. The molecule has 0 aromatic heterocycles. The number of aliphatic carboxylic acids is 1. The van der Waals surface area contributed by atoms with Crippen molar-refractivity contribution in [1.82, 2.24) is 4.31 Å². The van der Waals surface area contributed by atoms with Crippen LogP contribution in [0.15, 0.2) is 70.3 Å². The average molecular weight is 513 g/mol. The van der Waals surface area contributed by atoms with Gasteiger partial charge in [0.15, 0.2) is 0 Å². The molecule has 2 N–H and O–H groups in total. The summed E-state index contributed by atoms with van der Waals surface area (Å²) in [6, 6.07) is 13.8. The molecule has 10 heteroatoms. The zero-order valence-electron chi connectivity index (χ0n) is 20.8. The van der Waals surface area contributed by atoms with E-state index >= 15 is 0 Å². The molecule has 0 spiro atoms. The van der Waals surface area contributed by atoms with E-state index in [1.165, 1.54) is 21.4 Å². The molecule has 0 radical (unpaired) electrons. The molecular weight excluding hydrogens is 480 g/mol. The summed E-state index contributed by atoms with van der Waals surface area (Å²) in [7, 11) is -3.63. The van der Waals surface area contributed by atoms with E-state index in [9.17, 15) is 18.0 Å². The van der Waals surface area contributed by atoms with E-state index in [2.05, 4.69) is 10.4 Å². The minimum Gasteiger partial charge on any atom is -0.481 e. The SMILES string of the molecule is CCc1ccccc1NC=C1C(=O)N(c2ccc(S(=O)(=O)N(CC)CC)cc2)N=C1CCCC(=O)O. The van der Waals surface area contributed by atoms with Gasteiger partial charge < -0.3 is 10.4 Å². The Morgan fingerprint density at radius 3 is 2.36 bits per heavy atom. The Morgan fingerprint density at radius 2 is 1.75 bits per heavy atom. The summed E-state index contributed by atoms with van der Waals surface area (Å²) < 4.78 is 27.0. The predicted octanol–water partition coefficient (Wildman–Crippen LogP) is 4.23. The van der Waals surface area contributed by atoms with Crippen LogP contribution in [0.3, 0.4) is 0 Å². The number of rotatable bonds is 12. The van der Waals surface area contributed by atoms with E-state index < -0.39 is 16.0 Å². The standard InChI is InChI=1S/C26H32N4O5S/c1-4-19-10-7-8-11-23(19)27-18-22-24(12-9-13-25(31)32)28-30(26(22)33)20-14-16-21(17-15-20)36(34,35)29(5-2)6-3/h7-8,10-11,14-18,27H,4-6,9,12-13H2,1-3H3,(H,31,32). The van der Waals surface area contributed by atoms with Crippen LogP contribution < -0.4 is 10.3 Å². The lowest BCUT2D eigenvalue weighted by molar-refractivity contribution is -0.137. The van der Waals surface area contributed by atoms with E-state index in [-0.39, 0.29) is 17.2 Å². The second-order valence-electron chi connectivity index (χ2n) is 8.21. The van der Waals surface area contributed by atoms with Crippen molar-refractivity contribution in [2.45, 2.75) is 51.3 Å². The number of carboxylic acids is 1. The third kappa shape index (κ3) is 6.00. The van der Waals surface area contributed by atoms with Gasteiger partial charge in [0.25, 0.3) is 5.91 Å². The highest BCUT2D eigenvalue weighted by molar-refractivity contribution is 7.89. The lowest BCUT2D eigenvalue weighted by Crippen LogP contribution is -2.30. The first-order chi connectivity index (χ1) is 17.2. The van der Waals surface area contributed by atoms with Crippen molar-refractivity contribution in [2.24, 2.45) is 5.10 Å². The molecule has 0 saturated carbocycles. The minimum absolute atomic E-state index is 0.0372. The lowest BCUT2D eigenvalue weighted by Gasteiger charge is -2.19. The fourth-order valence-electron chi connectivity index (χ4n) is 3.96. The molecule has 36 heavy (non-hydrogen) atoms. The lowest BCUT2D eigenvalue weighted by atomic mass is 10.1. The van der Waals surface area contributed by atoms with Gasteiger partial charge in [-0.15, -0.1) is 0 Å². The van der Waals surface area contributed by atoms with Gasteiger partial charge in [-0.2, -0.15) is 14.4 Å². The summed E-state index contributed by atoms with van der Waals surface area (Å²) in [5.41, 5.74) is 3.20. The number of carbonyl (C=O) groups is 2. The monoisotopic (exact) mass is 512 g/mol. The van der Waals surface area contributed by atoms with Gasteiger partial charge in [0, 0.05) is 31.4 Å². The number of hydrazone groups is 1. The van der Waals surface area contributed by atoms with Crippen molar-refractivity contribution in [3.8, 4) is 0 Å². The molecule has 0 bridgehead atoms. The van der Waals surface area contributed by atoms with Gasteiger partial charge in [-0.25, -0.2) is 8.42 Å². The summed E-state index contributed by atoms with van der Waals surface area (Å²) in [6.07, 6.45) is 3.03. The van der Waals surface area contributed by atoms with Crippen LogP contribution in [0.2, 0.25) is 0 Å². The zero-order chi connectivity index (χ0) is 26.3. The van der Waals surface area contributed by atoms with Gasteiger partial charge in [-0.3, -0.25) is 9.59 Å². The predicted molar refractivity (Wildman–Crippen MR) is 140 cm³/mol. The summed E-state index contributed by atoms with van der Waals surface area (Å²) in [5, 5.41) is 17.9. The Labute approximate surface area is 212 Å². The van der Waals surface area contributed by atoms with Crippen LogP contribution in [-0.4, -0.2) is 48.5 Å². The summed E-state index contributed by atoms with van der Waals surface area (Å²) in [5.74, 6) is -1.29. The van der Waals surface area contributed by atoms with Crippen molar-refractivity contribution < 1.29 is 23.1 Å². The molecule has 0 aliphatic carbocycles. The number of benzene rings is 2. The number of para-hydroxylation sites is 1. The second kappa shape index (κ2) is 12.0. The van der Waals surface area contributed by atoms with Crippen molar-refractivity contribution in [2.75, 3.05) is 23.4 Å². The molecule has 0 atom stereocenters. The number of nitrogens with zero attached hydrogens (tertiary/aromatic N) is 3. The van der Waals surface area contributed by atoms with Crippen molar-refractivity contribution in [3.05, 3.63) is 65.9 Å². The summed E-state index contributed by atoms with van der Waals surface area (Å²) >= 11 is 0. The Morgan fingerprint density at radius 1 is 1.08 bits per heavy atom. The highest BCUT2D eigenvalue weighted by Gasteiger charge is 2.31. The molecule has 192 valence electrons. The van der Waals surface area contributed by atoms with Crippen LogP contribution in [0, 0.1) is 0 Å². The molecule has 2 aromatic carbocycles. The Balaban J connectivity index is 1.90. The average Bonchev–Trinajstić information content (AvgIpc) is 3.18. The number of hydrogen-bond donors (Lipinski definition) is 2. The number of hydrogen-bond acceptors (Lipinski definition) is 6. The number of nitrogens with one attached hydrogen (secondary N) is 1. The molecule has 0 fully saturated rings. The van der Waals surface area contributed by atoms with Crippen LogP contribution in [0.4, 0.5) is 11.4 Å². The van der Waals surface area contributed by atoms with Crippen LogP contribution in [-0.2, 0) is 26.0 Å². The molecule has 0 unspecified atom stereocenters. The van der Waals surface area contributed by atoms with Gasteiger partial charge in [0.05, 0.1) is 21.9 Å². The van der Waals surface area contributed by atoms with Crippen molar-refractivity contribution in [3.63, 3.8) is 0 Å². The second-order valence-corrected chi connectivity index (χ2v) is 10.1. The molecule has 1 heterocycles. The van der Waals surface area contributed by atoms with Crippen LogP contribution in [0.25, 0.3) is 0 Å². The Bertz CT molecular complexity index is 1270. The third-order valence-corrected chi connectivity index (χ3v) is 8.02. The van der Waals surface area contributed by atoms with Crippen molar-refractivity contribution >= 4 is 39.0 Å². The van der Waals surface area contributed by atoms with Gasteiger partial charge in [-0.05, 0) is 55.2 Å². The summed E-state index contributed by atoms with van der Waals surface area (Å²) in [6.45, 7) is 6.31. The number of carboxylic acid groups (broad SMARTS) is 1. The maximum atomic E-state index is 13.3. The quantitative estimate of drug-likeness (QED) is 0.411. The molecule has 1 aliphatic heterocycles. The molecule has 1 aliphatic rings. The normalized spacial score (nSPS) is 15.0. The third-order valence-electron chi connectivity index (χ3n) is 5.95. The van der Waals surface area contributed by atoms with Crippen LogP contribution in [0.1, 0.15) is 45.6 Å². The largest absolute Gasteiger partial charge is 0.481 e. The van der Waals surface area contributed by atoms with Gasteiger partial charge >= 0.3 is 5.97 Å².